The summed E-state index contributed by atoms with van der Waals surface area (Å²) in [6.07, 6.45) is 4.21. The number of hydrogen-bond acceptors (Lipinski definition) is 2. The van der Waals surface area contributed by atoms with Gasteiger partial charge in [0.25, 0.3) is 0 Å². The average molecular weight is 246 g/mol. The molecule has 0 saturated heterocycles. The third-order valence-corrected chi connectivity index (χ3v) is 2.57. The Morgan fingerprint density at radius 2 is 1.94 bits per heavy atom. The first-order valence-electron chi connectivity index (χ1n) is 5.46. The summed E-state index contributed by atoms with van der Waals surface area (Å²) in [4.78, 5) is 0.202. The molecule has 0 heterocycles. The van der Waals surface area contributed by atoms with Crippen molar-refractivity contribution in [3.8, 4) is 5.75 Å². The van der Waals surface area contributed by atoms with Crippen molar-refractivity contribution in [2.24, 2.45) is 0 Å². The molecule has 16 heavy (non-hydrogen) atoms. The van der Waals surface area contributed by atoms with Crippen LogP contribution >= 0.6 is 12.6 Å². The van der Waals surface area contributed by atoms with Gasteiger partial charge in [-0.05, 0) is 12.5 Å². The monoisotopic (exact) mass is 246 g/mol. The van der Waals surface area contributed by atoms with Crippen LogP contribution in [0.3, 0.4) is 0 Å². The average Bonchev–Trinajstić information content (AvgIpc) is 2.20. The Morgan fingerprint density at radius 3 is 2.56 bits per heavy atom. The molecule has 1 aromatic rings. The van der Waals surface area contributed by atoms with Gasteiger partial charge in [0.2, 0.25) is 0 Å². The SMILES string of the molecule is CCCCCCOc1c(F)cc(F)cc1S. The van der Waals surface area contributed by atoms with Gasteiger partial charge in [-0.3, -0.25) is 0 Å². The lowest BCUT2D eigenvalue weighted by Gasteiger charge is -2.09. The molecule has 0 N–H and O–H groups in total. The predicted octanol–water partition coefficient (Wildman–Crippen LogP) is 4.21. The second kappa shape index (κ2) is 6.74. The van der Waals surface area contributed by atoms with Gasteiger partial charge in [0.15, 0.2) is 11.6 Å². The number of rotatable bonds is 6. The normalized spacial score (nSPS) is 10.5. The second-order valence-corrected chi connectivity index (χ2v) is 4.13. The van der Waals surface area contributed by atoms with Crippen molar-refractivity contribution >= 4 is 12.6 Å². The van der Waals surface area contributed by atoms with Crippen molar-refractivity contribution in [2.75, 3.05) is 6.61 Å². The van der Waals surface area contributed by atoms with E-state index in [9.17, 15) is 8.78 Å². The molecule has 0 aliphatic rings. The molecule has 1 rings (SSSR count). The zero-order chi connectivity index (χ0) is 12.0. The van der Waals surface area contributed by atoms with Crippen LogP contribution < -0.4 is 4.74 Å². The quantitative estimate of drug-likeness (QED) is 0.584. The molecule has 0 atom stereocenters. The van der Waals surface area contributed by atoms with E-state index in [0.717, 1.165) is 37.8 Å². The standard InChI is InChI=1S/C12H16F2OS/c1-2-3-4-5-6-15-12-10(14)7-9(13)8-11(12)16/h7-8,16H,2-6H2,1H3. The first-order chi connectivity index (χ1) is 7.65. The number of ether oxygens (including phenoxy) is 1. The van der Waals surface area contributed by atoms with Crippen molar-refractivity contribution in [1.82, 2.24) is 0 Å². The fourth-order valence-corrected chi connectivity index (χ4v) is 1.69. The van der Waals surface area contributed by atoms with E-state index in [1.807, 2.05) is 0 Å². The largest absolute Gasteiger partial charge is 0.489 e. The number of thiol groups is 1. The molecule has 1 aromatic carbocycles. The highest BCUT2D eigenvalue weighted by atomic mass is 32.1. The van der Waals surface area contributed by atoms with E-state index in [-0.39, 0.29) is 10.6 Å². The Labute approximate surface area is 100 Å². The molecule has 0 aliphatic carbocycles. The maximum absolute atomic E-state index is 13.3. The third kappa shape index (κ3) is 4.00. The van der Waals surface area contributed by atoms with E-state index >= 15 is 0 Å². The molecule has 0 fully saturated rings. The molecule has 90 valence electrons. The minimum atomic E-state index is -0.694. The molecule has 0 aliphatic heterocycles. The van der Waals surface area contributed by atoms with Gasteiger partial charge in [0.05, 0.1) is 11.5 Å². The summed E-state index contributed by atoms with van der Waals surface area (Å²) in [6.45, 7) is 2.56. The summed E-state index contributed by atoms with van der Waals surface area (Å²) >= 11 is 3.98. The van der Waals surface area contributed by atoms with Crippen molar-refractivity contribution in [2.45, 2.75) is 37.5 Å². The van der Waals surface area contributed by atoms with Crippen LogP contribution in [-0.2, 0) is 0 Å². The molecule has 4 heteroatoms. The summed E-state index contributed by atoms with van der Waals surface area (Å²) < 4.78 is 31.3. The molecule has 1 nitrogen and oxygen atoms in total. The molecule has 0 unspecified atom stereocenters. The van der Waals surface area contributed by atoms with Crippen LogP contribution in [-0.4, -0.2) is 6.61 Å². The molecule has 0 spiro atoms. The van der Waals surface area contributed by atoms with Gasteiger partial charge in [0.1, 0.15) is 5.82 Å². The van der Waals surface area contributed by atoms with Crippen molar-refractivity contribution in [1.29, 1.82) is 0 Å². The molecular weight excluding hydrogens is 230 g/mol. The van der Waals surface area contributed by atoms with E-state index in [4.69, 9.17) is 4.74 Å². The van der Waals surface area contributed by atoms with Gasteiger partial charge in [-0.1, -0.05) is 26.2 Å². The van der Waals surface area contributed by atoms with E-state index in [1.54, 1.807) is 0 Å². The Bertz CT molecular complexity index is 319. The lowest BCUT2D eigenvalue weighted by molar-refractivity contribution is 0.282. The zero-order valence-corrected chi connectivity index (χ0v) is 10.2. The number of unbranched alkanes of at least 4 members (excludes halogenated alkanes) is 3. The minimum Gasteiger partial charge on any atom is -0.489 e. The third-order valence-electron chi connectivity index (χ3n) is 2.23. The van der Waals surface area contributed by atoms with Crippen LogP contribution in [0.1, 0.15) is 32.6 Å². The topological polar surface area (TPSA) is 9.23 Å². The van der Waals surface area contributed by atoms with Gasteiger partial charge < -0.3 is 4.74 Å². The maximum atomic E-state index is 13.3. The number of halogens is 2. The summed E-state index contributed by atoms with van der Waals surface area (Å²) in [5.41, 5.74) is 0. The zero-order valence-electron chi connectivity index (χ0n) is 9.30. The Morgan fingerprint density at radius 1 is 1.19 bits per heavy atom. The van der Waals surface area contributed by atoms with Crippen LogP contribution in [0.25, 0.3) is 0 Å². The minimum absolute atomic E-state index is 0.0428. The molecular formula is C12H16F2OS. The van der Waals surface area contributed by atoms with E-state index in [1.165, 1.54) is 0 Å². The summed E-state index contributed by atoms with van der Waals surface area (Å²) in [5, 5.41) is 0. The van der Waals surface area contributed by atoms with Crippen LogP contribution in [0.2, 0.25) is 0 Å². The highest BCUT2D eigenvalue weighted by Gasteiger charge is 2.09. The van der Waals surface area contributed by atoms with Crippen molar-refractivity contribution < 1.29 is 13.5 Å². The lowest BCUT2D eigenvalue weighted by Crippen LogP contribution is -2.00. The highest BCUT2D eigenvalue weighted by molar-refractivity contribution is 7.80. The van der Waals surface area contributed by atoms with Crippen LogP contribution in [0, 0.1) is 11.6 Å². The maximum Gasteiger partial charge on any atom is 0.169 e. The molecule has 0 aromatic heterocycles. The van der Waals surface area contributed by atoms with Crippen LogP contribution in [0.4, 0.5) is 8.78 Å². The van der Waals surface area contributed by atoms with Gasteiger partial charge >= 0.3 is 0 Å². The second-order valence-electron chi connectivity index (χ2n) is 3.64. The fraction of sp³-hybridized carbons (Fsp3) is 0.500. The van der Waals surface area contributed by atoms with Gasteiger partial charge in [0, 0.05) is 6.07 Å². The smallest absolute Gasteiger partial charge is 0.169 e. The summed E-state index contributed by atoms with van der Waals surface area (Å²) in [5.74, 6) is -1.29. The van der Waals surface area contributed by atoms with Gasteiger partial charge in [-0.25, -0.2) is 8.78 Å². The first kappa shape index (κ1) is 13.3. The lowest BCUT2D eigenvalue weighted by atomic mass is 10.2. The Hall–Kier alpha value is -0.770. The number of hydrogen-bond donors (Lipinski definition) is 1. The molecule has 0 bridgehead atoms. The molecule has 0 saturated carbocycles. The van der Waals surface area contributed by atoms with Crippen LogP contribution in [0.15, 0.2) is 17.0 Å². The molecule has 0 radical (unpaired) electrons. The van der Waals surface area contributed by atoms with Crippen LogP contribution in [0.5, 0.6) is 5.75 Å². The van der Waals surface area contributed by atoms with Crippen molar-refractivity contribution in [3.63, 3.8) is 0 Å². The van der Waals surface area contributed by atoms with Gasteiger partial charge in [-0.2, -0.15) is 0 Å². The Balaban J connectivity index is 2.47. The highest BCUT2D eigenvalue weighted by Crippen LogP contribution is 2.27. The summed E-state index contributed by atoms with van der Waals surface area (Å²) in [6, 6.07) is 1.95. The number of benzene rings is 1. The van der Waals surface area contributed by atoms with E-state index in [0.29, 0.717) is 6.61 Å². The fourth-order valence-electron chi connectivity index (χ4n) is 1.39. The van der Waals surface area contributed by atoms with Crippen molar-refractivity contribution in [3.05, 3.63) is 23.8 Å². The molecule has 0 amide bonds. The predicted molar refractivity (Wildman–Crippen MR) is 63.2 cm³/mol. The van der Waals surface area contributed by atoms with Gasteiger partial charge in [-0.15, -0.1) is 12.6 Å². The summed E-state index contributed by atoms with van der Waals surface area (Å²) in [7, 11) is 0. The van der Waals surface area contributed by atoms with E-state index < -0.39 is 11.6 Å². The van der Waals surface area contributed by atoms with E-state index in [2.05, 4.69) is 19.6 Å². The Kier molecular flexibility index (Phi) is 5.60. The first-order valence-corrected chi connectivity index (χ1v) is 5.90.